The van der Waals surface area contributed by atoms with Gasteiger partial charge in [0.25, 0.3) is 0 Å². The van der Waals surface area contributed by atoms with Gasteiger partial charge < -0.3 is 10.2 Å². The number of carbonyl (C=O) groups is 1. The summed E-state index contributed by atoms with van der Waals surface area (Å²) in [5, 5.41) is 3.17. The Morgan fingerprint density at radius 3 is 2.59 bits per heavy atom. The summed E-state index contributed by atoms with van der Waals surface area (Å²) in [6, 6.07) is 7.10. The van der Waals surface area contributed by atoms with Gasteiger partial charge in [-0.1, -0.05) is 25.0 Å². The predicted molar refractivity (Wildman–Crippen MR) is 87.7 cm³/mol. The maximum atomic E-state index is 13.3. The first-order valence-electron chi connectivity index (χ1n) is 7.99. The number of hydrogen-bond acceptors (Lipinski definition) is 2. The van der Waals surface area contributed by atoms with Crippen LogP contribution in [0.3, 0.4) is 0 Å². The first kappa shape index (κ1) is 17.2. The van der Waals surface area contributed by atoms with E-state index in [9.17, 15) is 9.18 Å². The molecule has 0 spiro atoms. The molecule has 0 radical (unpaired) electrons. The van der Waals surface area contributed by atoms with E-state index in [0.29, 0.717) is 12.6 Å². The molecule has 1 aromatic carbocycles. The molecule has 1 N–H and O–H groups in total. The lowest BCUT2D eigenvalue weighted by Gasteiger charge is -2.36. The number of halogens is 2. The fourth-order valence-electron chi connectivity index (χ4n) is 3.33. The van der Waals surface area contributed by atoms with Gasteiger partial charge in [-0.15, -0.1) is 12.4 Å². The van der Waals surface area contributed by atoms with Crippen molar-refractivity contribution in [1.82, 2.24) is 10.2 Å². The van der Waals surface area contributed by atoms with E-state index < -0.39 is 0 Å². The van der Waals surface area contributed by atoms with Crippen LogP contribution in [-0.4, -0.2) is 36.5 Å². The molecule has 1 aliphatic carbocycles. The fourth-order valence-corrected chi connectivity index (χ4v) is 3.33. The molecule has 1 heterocycles. The Labute approximate surface area is 137 Å². The second-order valence-electron chi connectivity index (χ2n) is 6.21. The summed E-state index contributed by atoms with van der Waals surface area (Å²) in [6.45, 7) is 2.33. The smallest absolute Gasteiger partial charge is 0.228 e. The molecule has 1 saturated carbocycles. The molecule has 22 heavy (non-hydrogen) atoms. The molecule has 0 unspecified atom stereocenters. The second-order valence-corrected chi connectivity index (χ2v) is 6.21. The van der Waals surface area contributed by atoms with Crippen molar-refractivity contribution in [1.29, 1.82) is 0 Å². The molecule has 2 aliphatic rings. The predicted octanol–water partition coefficient (Wildman–Crippen LogP) is 2.78. The molecule has 3 rings (SSSR count). The van der Waals surface area contributed by atoms with Crippen molar-refractivity contribution in [2.45, 2.75) is 38.1 Å². The summed E-state index contributed by atoms with van der Waals surface area (Å²) in [5.74, 6) is 0.240. The molecule has 1 aromatic rings. The van der Waals surface area contributed by atoms with Crippen molar-refractivity contribution < 1.29 is 9.18 Å². The quantitative estimate of drug-likeness (QED) is 0.902. The van der Waals surface area contributed by atoms with E-state index in [1.54, 1.807) is 12.1 Å². The topological polar surface area (TPSA) is 32.3 Å². The van der Waals surface area contributed by atoms with Gasteiger partial charge in [0.15, 0.2) is 0 Å². The van der Waals surface area contributed by atoms with Crippen LogP contribution in [0.2, 0.25) is 0 Å². The zero-order chi connectivity index (χ0) is 14.7. The fraction of sp³-hybridized carbons (Fsp3) is 0.588. The number of amides is 1. The third kappa shape index (κ3) is 3.99. The van der Waals surface area contributed by atoms with Gasteiger partial charge >= 0.3 is 0 Å². The van der Waals surface area contributed by atoms with Gasteiger partial charge in [-0.05, 0) is 37.0 Å². The molecule has 0 aromatic heterocycles. The third-order valence-electron chi connectivity index (χ3n) is 4.71. The molecule has 122 valence electrons. The first-order chi connectivity index (χ1) is 10.2. The van der Waals surface area contributed by atoms with Crippen molar-refractivity contribution in [3.8, 4) is 0 Å². The van der Waals surface area contributed by atoms with Crippen LogP contribution in [-0.2, 0) is 11.2 Å². The van der Waals surface area contributed by atoms with Crippen LogP contribution < -0.4 is 5.32 Å². The zero-order valence-electron chi connectivity index (χ0n) is 12.8. The molecule has 1 saturated heterocycles. The van der Waals surface area contributed by atoms with E-state index in [4.69, 9.17) is 0 Å². The Kier molecular flexibility index (Phi) is 6.21. The summed E-state index contributed by atoms with van der Waals surface area (Å²) >= 11 is 0. The van der Waals surface area contributed by atoms with Gasteiger partial charge in [0.05, 0.1) is 5.92 Å². The number of nitrogens with one attached hydrogen (secondary N) is 1. The Hall–Kier alpha value is -1.13. The van der Waals surface area contributed by atoms with Crippen molar-refractivity contribution >= 4 is 18.3 Å². The summed E-state index contributed by atoms with van der Waals surface area (Å²) in [4.78, 5) is 14.7. The van der Waals surface area contributed by atoms with Crippen LogP contribution in [0.1, 0.15) is 31.2 Å². The lowest BCUT2D eigenvalue weighted by Crippen LogP contribution is -2.54. The molecule has 0 atom stereocenters. The van der Waals surface area contributed by atoms with Crippen LogP contribution >= 0.6 is 12.4 Å². The van der Waals surface area contributed by atoms with Gasteiger partial charge in [0, 0.05) is 25.7 Å². The molecular formula is C17H24ClFN2O. The SMILES string of the molecule is Cl.O=C(C1CNC1)N(CCc1cccc(F)c1)C1CCCC1. The molecule has 1 amide bonds. The van der Waals surface area contributed by atoms with E-state index in [0.717, 1.165) is 37.9 Å². The van der Waals surface area contributed by atoms with Crippen LogP contribution in [0.5, 0.6) is 0 Å². The number of nitrogens with zero attached hydrogens (tertiary/aromatic N) is 1. The van der Waals surface area contributed by atoms with E-state index in [2.05, 4.69) is 10.2 Å². The van der Waals surface area contributed by atoms with Crippen LogP contribution in [0.15, 0.2) is 24.3 Å². The summed E-state index contributed by atoms with van der Waals surface area (Å²) in [6.07, 6.45) is 5.42. The van der Waals surface area contributed by atoms with Crippen LogP contribution in [0, 0.1) is 11.7 Å². The highest BCUT2D eigenvalue weighted by Crippen LogP contribution is 2.26. The summed E-state index contributed by atoms with van der Waals surface area (Å²) in [5.41, 5.74) is 0.970. The number of hydrogen-bond donors (Lipinski definition) is 1. The monoisotopic (exact) mass is 326 g/mol. The first-order valence-corrected chi connectivity index (χ1v) is 7.99. The van der Waals surface area contributed by atoms with Crippen LogP contribution in [0.4, 0.5) is 4.39 Å². The third-order valence-corrected chi connectivity index (χ3v) is 4.71. The maximum Gasteiger partial charge on any atom is 0.228 e. The zero-order valence-corrected chi connectivity index (χ0v) is 13.6. The van der Waals surface area contributed by atoms with Crippen molar-refractivity contribution in [3.63, 3.8) is 0 Å². The minimum Gasteiger partial charge on any atom is -0.339 e. The average Bonchev–Trinajstić information content (AvgIpc) is 2.91. The molecule has 1 aliphatic heterocycles. The van der Waals surface area contributed by atoms with Crippen LogP contribution in [0.25, 0.3) is 0 Å². The Bertz CT molecular complexity index is 501. The number of rotatable bonds is 5. The number of carbonyl (C=O) groups excluding carboxylic acids is 1. The second kappa shape index (κ2) is 7.93. The Balaban J connectivity index is 0.00000176. The molecule has 2 fully saturated rings. The Morgan fingerprint density at radius 2 is 2.00 bits per heavy atom. The van der Waals surface area contributed by atoms with Gasteiger partial charge in [0.2, 0.25) is 5.91 Å². The average molecular weight is 327 g/mol. The van der Waals surface area contributed by atoms with E-state index in [1.165, 1.54) is 18.9 Å². The van der Waals surface area contributed by atoms with Gasteiger partial charge in [-0.2, -0.15) is 0 Å². The van der Waals surface area contributed by atoms with Crippen molar-refractivity contribution in [2.75, 3.05) is 19.6 Å². The normalized spacial score (nSPS) is 18.6. The van der Waals surface area contributed by atoms with E-state index in [-0.39, 0.29) is 30.0 Å². The molecule has 0 bridgehead atoms. The van der Waals surface area contributed by atoms with E-state index >= 15 is 0 Å². The molecule has 5 heteroatoms. The summed E-state index contributed by atoms with van der Waals surface area (Å²) < 4.78 is 13.3. The molecular weight excluding hydrogens is 303 g/mol. The Morgan fingerprint density at radius 1 is 1.27 bits per heavy atom. The highest BCUT2D eigenvalue weighted by atomic mass is 35.5. The van der Waals surface area contributed by atoms with Gasteiger partial charge in [-0.25, -0.2) is 4.39 Å². The standard InChI is InChI=1S/C17H23FN2O.ClH/c18-15-5-3-4-13(10-15)8-9-20(16-6-1-2-7-16)17(21)14-11-19-12-14;/h3-5,10,14,16,19H,1-2,6-9,11-12H2;1H. The highest BCUT2D eigenvalue weighted by Gasteiger charge is 2.33. The van der Waals surface area contributed by atoms with E-state index in [1.807, 2.05) is 6.07 Å². The lowest BCUT2D eigenvalue weighted by atomic mass is 9.99. The minimum atomic E-state index is -0.200. The highest BCUT2D eigenvalue weighted by molar-refractivity contribution is 5.85. The summed E-state index contributed by atoms with van der Waals surface area (Å²) in [7, 11) is 0. The number of benzene rings is 1. The maximum absolute atomic E-state index is 13.3. The largest absolute Gasteiger partial charge is 0.339 e. The van der Waals surface area contributed by atoms with Crippen molar-refractivity contribution in [2.24, 2.45) is 5.92 Å². The minimum absolute atomic E-state index is 0. The van der Waals surface area contributed by atoms with Gasteiger partial charge in [0.1, 0.15) is 5.82 Å². The lowest BCUT2D eigenvalue weighted by molar-refractivity contribution is -0.139. The van der Waals surface area contributed by atoms with Gasteiger partial charge in [-0.3, -0.25) is 4.79 Å². The molecule has 3 nitrogen and oxygen atoms in total. The van der Waals surface area contributed by atoms with Crippen molar-refractivity contribution in [3.05, 3.63) is 35.6 Å².